The first kappa shape index (κ1) is 6.78. The second kappa shape index (κ2) is 2.04. The van der Waals surface area contributed by atoms with Gasteiger partial charge in [-0.3, -0.25) is 4.99 Å². The van der Waals surface area contributed by atoms with Gasteiger partial charge in [0.1, 0.15) is 0 Å². The number of aliphatic hydroxyl groups is 2. The Morgan fingerprint density at radius 1 is 1.73 bits per heavy atom. The van der Waals surface area contributed by atoms with E-state index in [1.807, 2.05) is 0 Å². The normalized spacial score (nSPS) is 41.3. The largest absolute Gasteiger partial charge is 0.464 e. The maximum atomic E-state index is 9.52. The molecule has 1 fully saturated rings. The lowest BCUT2D eigenvalue weighted by atomic mass is 10.1. The quantitative estimate of drug-likeness (QED) is 0.471. The van der Waals surface area contributed by atoms with Crippen molar-refractivity contribution in [2.45, 2.75) is 11.9 Å². The van der Waals surface area contributed by atoms with Crippen molar-refractivity contribution in [3.05, 3.63) is 12.0 Å². The Morgan fingerprint density at radius 2 is 2.55 bits per heavy atom. The molecule has 0 saturated carbocycles. The summed E-state index contributed by atoms with van der Waals surface area (Å²) in [5.41, 5.74) is 0. The predicted octanol–water partition coefficient (Wildman–Crippen LogP) is -1.03. The van der Waals surface area contributed by atoms with Crippen LogP contribution in [0.2, 0.25) is 0 Å². The van der Waals surface area contributed by atoms with Crippen LogP contribution in [0.25, 0.3) is 0 Å². The van der Waals surface area contributed by atoms with Crippen molar-refractivity contribution in [1.82, 2.24) is 0 Å². The number of hydrogen-bond acceptors (Lipinski definition) is 5. The number of fused-ring (bicyclic) bond motifs is 1. The van der Waals surface area contributed by atoms with Crippen molar-refractivity contribution in [2.24, 2.45) is 4.99 Å². The zero-order valence-corrected chi connectivity index (χ0v) is 5.60. The first-order chi connectivity index (χ1) is 5.23. The Labute approximate surface area is 62.6 Å². The number of hydrogen-bond donors (Lipinski definition) is 2. The molecular formula is C6H7NO4. The van der Waals surface area contributed by atoms with E-state index in [1.54, 1.807) is 0 Å². The van der Waals surface area contributed by atoms with Crippen molar-refractivity contribution in [3.8, 4) is 0 Å². The van der Waals surface area contributed by atoms with Crippen LogP contribution < -0.4 is 0 Å². The molecule has 0 spiro atoms. The number of nitrogens with zero attached hydrogens (tertiary/aromatic N) is 1. The lowest BCUT2D eigenvalue weighted by Crippen LogP contribution is -2.45. The summed E-state index contributed by atoms with van der Waals surface area (Å²) in [5, 5.41) is 18.7. The molecule has 2 N–H and O–H groups in total. The summed E-state index contributed by atoms with van der Waals surface area (Å²) in [6.45, 7) is -0.0528. The van der Waals surface area contributed by atoms with Gasteiger partial charge in [-0.1, -0.05) is 0 Å². The van der Waals surface area contributed by atoms with Gasteiger partial charge in [0.15, 0.2) is 18.7 Å². The van der Waals surface area contributed by atoms with Crippen molar-refractivity contribution < 1.29 is 19.7 Å². The Hall–Kier alpha value is -0.910. The Bertz CT molecular complexity index is 237. The van der Waals surface area contributed by atoms with Crippen LogP contribution in [0.1, 0.15) is 0 Å². The molecule has 2 aliphatic heterocycles. The van der Waals surface area contributed by atoms with Crippen LogP contribution in [0.5, 0.6) is 0 Å². The van der Waals surface area contributed by atoms with Crippen LogP contribution in [0.15, 0.2) is 17.0 Å². The third-order valence-electron chi connectivity index (χ3n) is 1.67. The minimum atomic E-state index is -1.71. The van der Waals surface area contributed by atoms with E-state index in [0.29, 0.717) is 0 Å². The van der Waals surface area contributed by atoms with Gasteiger partial charge >= 0.3 is 0 Å². The fraction of sp³-hybridized carbons (Fsp3) is 0.500. The Kier molecular flexibility index (Phi) is 1.26. The molecule has 2 aliphatic rings. The first-order valence-electron chi connectivity index (χ1n) is 3.14. The van der Waals surface area contributed by atoms with Crippen LogP contribution in [0.4, 0.5) is 0 Å². The summed E-state index contributed by atoms with van der Waals surface area (Å²) in [7, 11) is 0. The van der Waals surface area contributed by atoms with Crippen LogP contribution in [-0.4, -0.2) is 35.1 Å². The number of aliphatic hydroxyl groups excluding tert-OH is 1. The molecule has 5 heteroatoms. The maximum absolute atomic E-state index is 9.52. The monoisotopic (exact) mass is 157 g/mol. The van der Waals surface area contributed by atoms with Crippen LogP contribution >= 0.6 is 0 Å². The molecule has 5 nitrogen and oxygen atoms in total. The lowest BCUT2D eigenvalue weighted by molar-refractivity contribution is -0.191. The first-order valence-corrected chi connectivity index (χ1v) is 3.14. The molecule has 0 aromatic heterocycles. The predicted molar refractivity (Wildman–Crippen MR) is 34.6 cm³/mol. The molecule has 2 heterocycles. The second-order valence-corrected chi connectivity index (χ2v) is 2.34. The van der Waals surface area contributed by atoms with Gasteiger partial charge in [-0.2, -0.15) is 0 Å². The highest BCUT2D eigenvalue weighted by Crippen LogP contribution is 2.31. The van der Waals surface area contributed by atoms with E-state index in [2.05, 4.69) is 4.99 Å². The molecule has 0 bridgehead atoms. The smallest absolute Gasteiger partial charge is 0.262 e. The third kappa shape index (κ3) is 0.787. The molecule has 2 atom stereocenters. The molecule has 0 aliphatic carbocycles. The molecule has 1 saturated heterocycles. The summed E-state index contributed by atoms with van der Waals surface area (Å²) in [5.74, 6) is -1.55. The number of ether oxygens (including phenoxy) is 2. The maximum Gasteiger partial charge on any atom is 0.262 e. The van der Waals surface area contributed by atoms with E-state index >= 15 is 0 Å². The van der Waals surface area contributed by atoms with Crippen LogP contribution in [-0.2, 0) is 9.47 Å². The topological polar surface area (TPSA) is 71.3 Å². The Balaban J connectivity index is 2.38. The molecular weight excluding hydrogens is 150 g/mol. The van der Waals surface area contributed by atoms with E-state index in [9.17, 15) is 10.2 Å². The lowest BCUT2D eigenvalue weighted by Gasteiger charge is -2.24. The molecule has 60 valence electrons. The molecule has 0 aromatic carbocycles. The zero-order valence-electron chi connectivity index (χ0n) is 5.60. The molecule has 0 aromatic rings. The van der Waals surface area contributed by atoms with E-state index in [4.69, 9.17) is 9.47 Å². The van der Waals surface area contributed by atoms with Crippen LogP contribution in [0.3, 0.4) is 0 Å². The Morgan fingerprint density at radius 3 is 3.27 bits per heavy atom. The highest BCUT2D eigenvalue weighted by molar-refractivity contribution is 5.67. The average Bonchev–Trinajstić information content (AvgIpc) is 2.34. The SMILES string of the molecule is OC1C=NC=C2OCOC21O. The average molecular weight is 157 g/mol. The van der Waals surface area contributed by atoms with E-state index < -0.39 is 11.9 Å². The summed E-state index contributed by atoms with van der Waals surface area (Å²) in [6, 6.07) is 0. The fourth-order valence-corrected chi connectivity index (χ4v) is 1.01. The molecule has 0 radical (unpaired) electrons. The second-order valence-electron chi connectivity index (χ2n) is 2.34. The summed E-state index contributed by atoms with van der Waals surface area (Å²) >= 11 is 0. The summed E-state index contributed by atoms with van der Waals surface area (Å²) in [6.07, 6.45) is 1.36. The highest BCUT2D eigenvalue weighted by atomic mass is 16.8. The van der Waals surface area contributed by atoms with E-state index in [-0.39, 0.29) is 12.6 Å². The van der Waals surface area contributed by atoms with Gasteiger partial charge in [-0.15, -0.1) is 0 Å². The highest BCUT2D eigenvalue weighted by Gasteiger charge is 2.47. The van der Waals surface area contributed by atoms with Crippen molar-refractivity contribution in [1.29, 1.82) is 0 Å². The van der Waals surface area contributed by atoms with Gasteiger partial charge in [-0.25, -0.2) is 0 Å². The van der Waals surface area contributed by atoms with Gasteiger partial charge < -0.3 is 19.7 Å². The summed E-state index contributed by atoms with van der Waals surface area (Å²) in [4.78, 5) is 3.64. The minimum Gasteiger partial charge on any atom is -0.464 e. The van der Waals surface area contributed by atoms with Gasteiger partial charge in [0.25, 0.3) is 5.79 Å². The van der Waals surface area contributed by atoms with Gasteiger partial charge in [-0.05, 0) is 0 Å². The van der Waals surface area contributed by atoms with Crippen molar-refractivity contribution in [2.75, 3.05) is 6.79 Å². The van der Waals surface area contributed by atoms with Gasteiger partial charge in [0.05, 0.1) is 6.20 Å². The minimum absolute atomic E-state index is 0.0528. The number of rotatable bonds is 0. The molecule has 11 heavy (non-hydrogen) atoms. The van der Waals surface area contributed by atoms with Crippen molar-refractivity contribution >= 4 is 6.21 Å². The van der Waals surface area contributed by atoms with E-state index in [1.165, 1.54) is 12.4 Å². The standard InChI is InChI=1S/C6H7NO4/c8-4-1-7-2-5-6(4,9)11-3-10-5/h1-2,4,8-9H,3H2. The molecule has 2 rings (SSSR count). The van der Waals surface area contributed by atoms with Crippen molar-refractivity contribution in [3.63, 3.8) is 0 Å². The molecule has 2 unspecified atom stereocenters. The van der Waals surface area contributed by atoms with E-state index in [0.717, 1.165) is 0 Å². The zero-order chi connectivity index (χ0) is 7.90. The third-order valence-corrected chi connectivity index (χ3v) is 1.67. The molecule has 0 amide bonds. The van der Waals surface area contributed by atoms with Gasteiger partial charge in [0, 0.05) is 6.21 Å². The number of aliphatic imine (C=N–C) groups is 1. The van der Waals surface area contributed by atoms with Crippen LogP contribution in [0, 0.1) is 0 Å². The summed E-state index contributed by atoms with van der Waals surface area (Å²) < 4.78 is 9.63. The fourth-order valence-electron chi connectivity index (χ4n) is 1.01. The van der Waals surface area contributed by atoms with Gasteiger partial charge in [0.2, 0.25) is 0 Å².